The van der Waals surface area contributed by atoms with Gasteiger partial charge in [-0.2, -0.15) is 0 Å². The van der Waals surface area contributed by atoms with Gasteiger partial charge in [-0.3, -0.25) is 0 Å². The molecule has 0 radical (unpaired) electrons. The van der Waals surface area contributed by atoms with E-state index >= 15 is 0 Å². The second-order valence-corrected chi connectivity index (χ2v) is 8.08. The first-order valence-corrected chi connectivity index (χ1v) is 10.7. The Kier molecular flexibility index (Phi) is 6.24. The Hall–Kier alpha value is -3.30. The van der Waals surface area contributed by atoms with Crippen LogP contribution in [0.25, 0.3) is 16.9 Å². The molecule has 3 aromatic carbocycles. The number of hydrogen-bond acceptors (Lipinski definition) is 2. The quantitative estimate of drug-likeness (QED) is 0.233. The maximum atomic E-state index is 6.29. The number of aryl methyl sites for hydroxylation is 1. The van der Waals surface area contributed by atoms with Crippen LogP contribution in [0, 0.1) is 13.8 Å². The van der Waals surface area contributed by atoms with Crippen molar-refractivity contribution in [1.29, 1.82) is 0 Å². The molecule has 31 heavy (non-hydrogen) atoms. The van der Waals surface area contributed by atoms with E-state index in [4.69, 9.17) is 16.4 Å². The monoisotopic (exact) mass is 428 g/mol. The smallest absolute Gasteiger partial charge is 0.142 e. The van der Waals surface area contributed by atoms with Gasteiger partial charge in [0.2, 0.25) is 0 Å². The van der Waals surface area contributed by atoms with Crippen molar-refractivity contribution in [3.8, 4) is 16.9 Å². The third-order valence-electron chi connectivity index (χ3n) is 5.33. The van der Waals surface area contributed by atoms with Gasteiger partial charge in [0.25, 0.3) is 0 Å². The van der Waals surface area contributed by atoms with Crippen molar-refractivity contribution < 1.29 is 4.84 Å². The predicted molar refractivity (Wildman–Crippen MR) is 129 cm³/mol. The minimum absolute atomic E-state index is 0.442. The summed E-state index contributed by atoms with van der Waals surface area (Å²) < 4.78 is 2.22. The van der Waals surface area contributed by atoms with E-state index in [0.29, 0.717) is 11.6 Å². The van der Waals surface area contributed by atoms with Crippen LogP contribution in [0.5, 0.6) is 0 Å². The van der Waals surface area contributed by atoms with Gasteiger partial charge < -0.3 is 9.40 Å². The van der Waals surface area contributed by atoms with E-state index in [2.05, 4.69) is 72.1 Å². The number of oxime groups is 1. The van der Waals surface area contributed by atoms with E-state index in [1.54, 1.807) is 0 Å². The zero-order chi connectivity index (χ0) is 21.8. The molecular weight excluding hydrogens is 404 g/mol. The molecular formula is C27H25ClN2O. The standard InChI is InChI=1S/C27H25ClN2O/c1-19-12-14-22(15-13-19)18-31-29-20(2)26-17-27(23-8-5-4-6-9-23)30(21(26)3)25-11-7-10-24(28)16-25/h4-17H,18H2,1-3H3/b29-20-. The SMILES string of the molecule is C/C(=N/OCc1ccc(C)cc1)c1cc(-c2ccccc2)n(-c2cccc(Cl)c2)c1C. The molecule has 4 rings (SSSR count). The maximum Gasteiger partial charge on any atom is 0.142 e. The Morgan fingerprint density at radius 1 is 0.903 bits per heavy atom. The summed E-state index contributed by atoms with van der Waals surface area (Å²) in [6, 6.07) is 28.7. The first kappa shape index (κ1) is 21.0. The third-order valence-corrected chi connectivity index (χ3v) is 5.56. The van der Waals surface area contributed by atoms with Gasteiger partial charge in [0.05, 0.1) is 11.4 Å². The molecule has 0 fully saturated rings. The van der Waals surface area contributed by atoms with Crippen LogP contribution in [0.15, 0.2) is 90.1 Å². The van der Waals surface area contributed by atoms with Crippen LogP contribution in [-0.4, -0.2) is 10.3 Å². The van der Waals surface area contributed by atoms with E-state index in [0.717, 1.165) is 39.5 Å². The highest BCUT2D eigenvalue weighted by Gasteiger charge is 2.17. The Labute approximate surface area is 188 Å². The third kappa shape index (κ3) is 4.73. The van der Waals surface area contributed by atoms with Gasteiger partial charge in [0.1, 0.15) is 6.61 Å². The highest BCUT2D eigenvalue weighted by atomic mass is 35.5. The summed E-state index contributed by atoms with van der Waals surface area (Å²) in [5.41, 5.74) is 8.53. The largest absolute Gasteiger partial charge is 0.391 e. The molecule has 0 saturated carbocycles. The summed E-state index contributed by atoms with van der Waals surface area (Å²) in [7, 11) is 0. The second kappa shape index (κ2) is 9.23. The number of rotatable bonds is 6. The molecule has 0 N–H and O–H groups in total. The van der Waals surface area contributed by atoms with Gasteiger partial charge in [-0.05, 0) is 56.2 Å². The summed E-state index contributed by atoms with van der Waals surface area (Å²) in [5, 5.41) is 5.12. The topological polar surface area (TPSA) is 26.5 Å². The Balaban J connectivity index is 1.70. The van der Waals surface area contributed by atoms with Crippen molar-refractivity contribution in [2.45, 2.75) is 27.4 Å². The minimum atomic E-state index is 0.442. The molecule has 4 heteroatoms. The van der Waals surface area contributed by atoms with Crippen LogP contribution in [0.2, 0.25) is 5.02 Å². The summed E-state index contributed by atoms with van der Waals surface area (Å²) in [5.74, 6) is 0. The molecule has 0 amide bonds. The van der Waals surface area contributed by atoms with Crippen molar-refractivity contribution in [3.63, 3.8) is 0 Å². The van der Waals surface area contributed by atoms with Crippen molar-refractivity contribution in [3.05, 3.63) is 112 Å². The van der Waals surface area contributed by atoms with Crippen LogP contribution in [0.4, 0.5) is 0 Å². The van der Waals surface area contributed by atoms with E-state index in [-0.39, 0.29) is 0 Å². The van der Waals surface area contributed by atoms with E-state index in [1.807, 2.05) is 43.3 Å². The van der Waals surface area contributed by atoms with Crippen molar-refractivity contribution in [2.24, 2.45) is 5.16 Å². The van der Waals surface area contributed by atoms with Gasteiger partial charge in [-0.1, -0.05) is 83.0 Å². The number of nitrogens with zero attached hydrogens (tertiary/aromatic N) is 2. The fraction of sp³-hybridized carbons (Fsp3) is 0.148. The number of benzene rings is 3. The van der Waals surface area contributed by atoms with Crippen molar-refractivity contribution in [1.82, 2.24) is 4.57 Å². The lowest BCUT2D eigenvalue weighted by Gasteiger charge is -2.13. The zero-order valence-electron chi connectivity index (χ0n) is 18.0. The van der Waals surface area contributed by atoms with Crippen LogP contribution in [0.1, 0.15) is 29.3 Å². The van der Waals surface area contributed by atoms with E-state index in [1.165, 1.54) is 5.56 Å². The molecule has 0 aliphatic heterocycles. The molecule has 0 spiro atoms. The summed E-state index contributed by atoms with van der Waals surface area (Å²) >= 11 is 6.29. The molecule has 1 aromatic heterocycles. The summed E-state index contributed by atoms with van der Waals surface area (Å²) in [6.45, 7) is 6.60. The average Bonchev–Trinajstić information content (AvgIpc) is 3.13. The summed E-state index contributed by atoms with van der Waals surface area (Å²) in [4.78, 5) is 5.67. The zero-order valence-corrected chi connectivity index (χ0v) is 18.7. The Morgan fingerprint density at radius 2 is 1.65 bits per heavy atom. The molecule has 3 nitrogen and oxygen atoms in total. The van der Waals surface area contributed by atoms with Crippen LogP contribution >= 0.6 is 11.6 Å². The van der Waals surface area contributed by atoms with Gasteiger partial charge in [0.15, 0.2) is 0 Å². The molecule has 0 saturated heterocycles. The second-order valence-electron chi connectivity index (χ2n) is 7.65. The normalized spacial score (nSPS) is 11.5. The molecule has 4 aromatic rings. The van der Waals surface area contributed by atoms with Crippen molar-refractivity contribution in [2.75, 3.05) is 0 Å². The first-order valence-electron chi connectivity index (χ1n) is 10.3. The minimum Gasteiger partial charge on any atom is -0.391 e. The molecule has 0 unspecified atom stereocenters. The molecule has 0 aliphatic carbocycles. The molecule has 1 heterocycles. The van der Waals surface area contributed by atoms with Gasteiger partial charge in [-0.15, -0.1) is 0 Å². The highest BCUT2D eigenvalue weighted by Crippen LogP contribution is 2.31. The lowest BCUT2D eigenvalue weighted by Crippen LogP contribution is -2.02. The van der Waals surface area contributed by atoms with Crippen LogP contribution < -0.4 is 0 Å². The predicted octanol–water partition coefficient (Wildman–Crippen LogP) is 7.36. The number of aromatic nitrogens is 1. The summed E-state index contributed by atoms with van der Waals surface area (Å²) in [6.07, 6.45) is 0. The Morgan fingerprint density at radius 3 is 2.35 bits per heavy atom. The lowest BCUT2D eigenvalue weighted by molar-refractivity contribution is 0.130. The number of halogens is 1. The Bertz CT molecular complexity index is 1210. The van der Waals surface area contributed by atoms with Gasteiger partial charge in [-0.25, -0.2) is 0 Å². The average molecular weight is 429 g/mol. The fourth-order valence-electron chi connectivity index (χ4n) is 3.68. The first-order chi connectivity index (χ1) is 15.0. The molecule has 156 valence electrons. The van der Waals surface area contributed by atoms with E-state index in [9.17, 15) is 0 Å². The lowest BCUT2D eigenvalue weighted by atomic mass is 10.1. The highest BCUT2D eigenvalue weighted by molar-refractivity contribution is 6.30. The number of hydrogen-bond donors (Lipinski definition) is 0. The molecule has 0 aliphatic rings. The maximum absolute atomic E-state index is 6.29. The van der Waals surface area contributed by atoms with E-state index < -0.39 is 0 Å². The van der Waals surface area contributed by atoms with Gasteiger partial charge >= 0.3 is 0 Å². The van der Waals surface area contributed by atoms with Gasteiger partial charge in [0, 0.05) is 22.0 Å². The van der Waals surface area contributed by atoms with Crippen molar-refractivity contribution >= 4 is 17.3 Å². The molecule has 0 atom stereocenters. The fourth-order valence-corrected chi connectivity index (χ4v) is 3.86. The molecule has 0 bridgehead atoms. The van der Waals surface area contributed by atoms with Crippen LogP contribution in [0.3, 0.4) is 0 Å². The van der Waals surface area contributed by atoms with Crippen LogP contribution in [-0.2, 0) is 11.4 Å².